The highest BCUT2D eigenvalue weighted by Crippen LogP contribution is 2.52. The fourth-order valence-corrected chi connectivity index (χ4v) is 10.2. The van der Waals surface area contributed by atoms with Gasteiger partial charge in [0.25, 0.3) is 0 Å². The summed E-state index contributed by atoms with van der Waals surface area (Å²) in [5, 5.41) is 7.03. The maximum atomic E-state index is 6.92. The van der Waals surface area contributed by atoms with E-state index in [2.05, 4.69) is 231 Å². The first-order chi connectivity index (χ1) is 30.0. The maximum Gasteiger partial charge on any atom is 0.143 e. The number of rotatable bonds is 6. The molecule has 0 amide bonds. The van der Waals surface area contributed by atoms with Crippen LogP contribution >= 0.6 is 0 Å². The highest BCUT2D eigenvalue weighted by atomic mass is 16.3. The zero-order chi connectivity index (χ0) is 40.7. The lowest BCUT2D eigenvalue weighted by Gasteiger charge is -2.28. The molecule has 0 N–H and O–H groups in total. The minimum atomic E-state index is -0.109. The van der Waals surface area contributed by atoms with E-state index in [4.69, 9.17) is 4.42 Å². The molecular formula is C59H41NO. The Morgan fingerprint density at radius 2 is 0.852 bits per heavy atom. The molecule has 1 aliphatic rings. The minimum Gasteiger partial charge on any atom is -0.455 e. The zero-order valence-corrected chi connectivity index (χ0v) is 34.1. The molecule has 0 unspecified atom stereocenters. The average Bonchev–Trinajstić information content (AvgIpc) is 3.82. The number of hydrogen-bond donors (Lipinski definition) is 0. The van der Waals surface area contributed by atoms with Crippen molar-refractivity contribution in [3.8, 4) is 44.5 Å². The van der Waals surface area contributed by atoms with Gasteiger partial charge in [0.15, 0.2) is 0 Å². The van der Waals surface area contributed by atoms with Crippen LogP contribution in [0.2, 0.25) is 0 Å². The van der Waals surface area contributed by atoms with Crippen molar-refractivity contribution in [1.29, 1.82) is 0 Å². The quantitative estimate of drug-likeness (QED) is 0.167. The van der Waals surface area contributed by atoms with Gasteiger partial charge in [0.1, 0.15) is 11.2 Å². The van der Waals surface area contributed by atoms with Crippen LogP contribution in [-0.4, -0.2) is 0 Å². The highest BCUT2D eigenvalue weighted by molar-refractivity contribution is 6.17. The number of benzene rings is 10. The number of nitrogens with zero attached hydrogens (tertiary/aromatic N) is 1. The van der Waals surface area contributed by atoms with E-state index in [9.17, 15) is 0 Å². The van der Waals surface area contributed by atoms with Crippen LogP contribution in [0.5, 0.6) is 0 Å². The Morgan fingerprint density at radius 1 is 0.344 bits per heavy atom. The summed E-state index contributed by atoms with van der Waals surface area (Å²) in [5.74, 6) is 0. The van der Waals surface area contributed by atoms with Gasteiger partial charge in [-0.05, 0) is 97.1 Å². The van der Waals surface area contributed by atoms with Crippen LogP contribution in [0.25, 0.3) is 88.0 Å². The SMILES string of the molecule is CC1(C)c2ccccc2-c2cccc(-c3ccc(N(c4ccc(-c5cccc6ccccc56)cc4)c4ccccc4-c4cccc5c4oc4c6ccccc6ccc54)cc3)c21. The van der Waals surface area contributed by atoms with Gasteiger partial charge < -0.3 is 9.32 Å². The first-order valence-corrected chi connectivity index (χ1v) is 21.2. The van der Waals surface area contributed by atoms with Crippen LogP contribution in [0.3, 0.4) is 0 Å². The van der Waals surface area contributed by atoms with Crippen molar-refractivity contribution in [3.63, 3.8) is 0 Å². The Labute approximate surface area is 355 Å². The topological polar surface area (TPSA) is 16.4 Å². The van der Waals surface area contributed by atoms with Crippen LogP contribution in [-0.2, 0) is 5.41 Å². The van der Waals surface area contributed by atoms with Gasteiger partial charge in [0.2, 0.25) is 0 Å². The molecule has 61 heavy (non-hydrogen) atoms. The molecule has 0 spiro atoms. The molecule has 11 aromatic rings. The lowest BCUT2D eigenvalue weighted by Crippen LogP contribution is -2.16. The summed E-state index contributed by atoms with van der Waals surface area (Å²) in [4.78, 5) is 2.40. The van der Waals surface area contributed by atoms with Crippen molar-refractivity contribution < 1.29 is 4.42 Å². The highest BCUT2D eigenvalue weighted by Gasteiger charge is 2.37. The third kappa shape index (κ3) is 5.49. The zero-order valence-electron chi connectivity index (χ0n) is 34.1. The summed E-state index contributed by atoms with van der Waals surface area (Å²) < 4.78 is 6.92. The monoisotopic (exact) mass is 779 g/mol. The Hall–Kier alpha value is -7.68. The van der Waals surface area contributed by atoms with Gasteiger partial charge in [0.05, 0.1) is 5.69 Å². The van der Waals surface area contributed by atoms with Gasteiger partial charge in [0, 0.05) is 44.1 Å². The fraction of sp³-hybridized carbons (Fsp3) is 0.0508. The predicted octanol–water partition coefficient (Wildman–Crippen LogP) is 16.7. The molecule has 1 aromatic heterocycles. The molecule has 12 rings (SSSR count). The van der Waals surface area contributed by atoms with E-state index >= 15 is 0 Å². The molecule has 0 atom stereocenters. The summed E-state index contributed by atoms with van der Waals surface area (Å²) in [6.07, 6.45) is 0. The minimum absolute atomic E-state index is 0.109. The number of anilines is 3. The third-order valence-electron chi connectivity index (χ3n) is 13.1. The van der Waals surface area contributed by atoms with Crippen LogP contribution in [0.15, 0.2) is 217 Å². The summed E-state index contributed by atoms with van der Waals surface area (Å²) in [6, 6.07) is 77.2. The lowest BCUT2D eigenvalue weighted by molar-refractivity contribution is 0.662. The Balaban J connectivity index is 1.03. The lowest BCUT2D eigenvalue weighted by atomic mass is 9.79. The first-order valence-electron chi connectivity index (χ1n) is 21.2. The molecule has 0 saturated heterocycles. The molecule has 2 heteroatoms. The van der Waals surface area contributed by atoms with E-state index in [0.29, 0.717) is 0 Å². The fourth-order valence-electron chi connectivity index (χ4n) is 10.2. The summed E-state index contributed by atoms with van der Waals surface area (Å²) in [6.45, 7) is 4.72. The third-order valence-corrected chi connectivity index (χ3v) is 13.1. The van der Waals surface area contributed by atoms with Crippen LogP contribution in [0, 0.1) is 0 Å². The van der Waals surface area contributed by atoms with Crippen molar-refractivity contribution in [1.82, 2.24) is 0 Å². The second-order valence-corrected chi connectivity index (χ2v) is 16.8. The van der Waals surface area contributed by atoms with Gasteiger partial charge in [-0.15, -0.1) is 0 Å². The van der Waals surface area contributed by atoms with Gasteiger partial charge in [-0.25, -0.2) is 0 Å². The number of fused-ring (bicyclic) bond motifs is 9. The van der Waals surface area contributed by atoms with Gasteiger partial charge in [-0.3, -0.25) is 0 Å². The first kappa shape index (κ1) is 35.3. The van der Waals surface area contributed by atoms with E-state index in [-0.39, 0.29) is 5.41 Å². The van der Waals surface area contributed by atoms with E-state index in [0.717, 1.165) is 55.5 Å². The van der Waals surface area contributed by atoms with Crippen molar-refractivity contribution >= 4 is 60.5 Å². The van der Waals surface area contributed by atoms with Crippen molar-refractivity contribution in [2.75, 3.05) is 4.90 Å². The van der Waals surface area contributed by atoms with E-state index in [1.165, 1.54) is 60.7 Å². The Morgan fingerprint density at radius 3 is 1.64 bits per heavy atom. The average molecular weight is 780 g/mol. The Kier molecular flexibility index (Phi) is 7.92. The molecule has 2 nitrogen and oxygen atoms in total. The molecule has 0 aliphatic heterocycles. The second-order valence-electron chi connectivity index (χ2n) is 16.8. The molecule has 288 valence electrons. The molecular weight excluding hydrogens is 739 g/mol. The largest absolute Gasteiger partial charge is 0.455 e. The normalized spacial score (nSPS) is 12.9. The van der Waals surface area contributed by atoms with Gasteiger partial charge in [-0.1, -0.05) is 190 Å². The molecule has 1 heterocycles. The second kappa shape index (κ2) is 13.7. The standard InChI is InChI=1S/C59H41NO/c1-59(2)54-26-9-7-19-48(54)50-23-12-22-46(56(50)59)41-30-35-43(36-31-41)60(42-33-28-40(29-34-42)45-21-11-16-38-14-3-5-17-44(38)45)55-27-10-8-20-49(55)51-24-13-25-52-53-37-32-39-15-4-6-18-47(39)57(53)61-58(51)52/h3-37H,1-2H3. The smallest absolute Gasteiger partial charge is 0.143 e. The predicted molar refractivity (Wildman–Crippen MR) is 257 cm³/mol. The molecule has 0 radical (unpaired) electrons. The molecule has 0 bridgehead atoms. The van der Waals surface area contributed by atoms with Crippen LogP contribution < -0.4 is 4.90 Å². The molecule has 10 aromatic carbocycles. The van der Waals surface area contributed by atoms with E-state index in [1.807, 2.05) is 0 Å². The van der Waals surface area contributed by atoms with Crippen molar-refractivity contribution in [3.05, 3.63) is 223 Å². The molecule has 0 saturated carbocycles. The summed E-state index contributed by atoms with van der Waals surface area (Å²) in [7, 11) is 0. The molecule has 0 fully saturated rings. The molecule has 1 aliphatic carbocycles. The number of hydrogen-bond acceptors (Lipinski definition) is 2. The van der Waals surface area contributed by atoms with E-state index < -0.39 is 0 Å². The number of furan rings is 1. The van der Waals surface area contributed by atoms with Crippen molar-refractivity contribution in [2.45, 2.75) is 19.3 Å². The summed E-state index contributed by atoms with van der Waals surface area (Å²) in [5.41, 5.74) is 17.4. The van der Waals surface area contributed by atoms with Crippen molar-refractivity contribution in [2.24, 2.45) is 0 Å². The van der Waals surface area contributed by atoms with Crippen LogP contribution in [0.4, 0.5) is 17.1 Å². The van der Waals surface area contributed by atoms with Gasteiger partial charge in [-0.2, -0.15) is 0 Å². The van der Waals surface area contributed by atoms with Gasteiger partial charge >= 0.3 is 0 Å². The number of para-hydroxylation sites is 2. The maximum absolute atomic E-state index is 6.92. The Bertz CT molecular complexity index is 3490. The van der Waals surface area contributed by atoms with Crippen LogP contribution in [0.1, 0.15) is 25.0 Å². The summed E-state index contributed by atoms with van der Waals surface area (Å²) >= 11 is 0. The van der Waals surface area contributed by atoms with E-state index in [1.54, 1.807) is 0 Å².